The van der Waals surface area contributed by atoms with Gasteiger partial charge in [-0.2, -0.15) is 0 Å². The van der Waals surface area contributed by atoms with E-state index in [9.17, 15) is 9.59 Å². The van der Waals surface area contributed by atoms with Crippen LogP contribution in [0.25, 0.3) is 6.08 Å². The van der Waals surface area contributed by atoms with E-state index in [-0.39, 0.29) is 12.2 Å². The number of aromatic nitrogens is 1. The SMILES string of the molecule is C=CCOc1ccc([C@H]2C(C(=O)OCC)=C(C)N=c3sc(=Cc4ccc(C)c(OC)c4)c(=O)n32)cc1. The summed E-state index contributed by atoms with van der Waals surface area (Å²) < 4.78 is 18.5. The summed E-state index contributed by atoms with van der Waals surface area (Å²) in [5.74, 6) is 0.916. The molecule has 1 aliphatic rings. The Bertz CT molecular complexity index is 1510. The van der Waals surface area contributed by atoms with E-state index in [2.05, 4.69) is 11.6 Å². The number of benzene rings is 2. The van der Waals surface area contributed by atoms with E-state index < -0.39 is 12.0 Å². The fraction of sp³-hybridized carbons (Fsp3) is 0.250. The molecule has 0 N–H and O–H groups in total. The van der Waals surface area contributed by atoms with E-state index >= 15 is 0 Å². The molecule has 0 radical (unpaired) electrons. The van der Waals surface area contributed by atoms with E-state index in [1.165, 1.54) is 11.3 Å². The highest BCUT2D eigenvalue weighted by Gasteiger charge is 2.33. The number of methoxy groups -OCH3 is 1. The number of esters is 1. The van der Waals surface area contributed by atoms with Gasteiger partial charge in [0.25, 0.3) is 5.56 Å². The van der Waals surface area contributed by atoms with Crippen LogP contribution >= 0.6 is 11.3 Å². The van der Waals surface area contributed by atoms with Crippen molar-refractivity contribution in [3.63, 3.8) is 0 Å². The lowest BCUT2D eigenvalue weighted by atomic mass is 9.96. The van der Waals surface area contributed by atoms with Gasteiger partial charge in [0.1, 0.15) is 18.1 Å². The van der Waals surface area contributed by atoms with Crippen molar-refractivity contribution >= 4 is 23.4 Å². The summed E-state index contributed by atoms with van der Waals surface area (Å²) >= 11 is 1.28. The number of fused-ring (bicyclic) bond motifs is 1. The molecule has 0 saturated heterocycles. The number of aryl methyl sites for hydroxylation is 1. The maximum atomic E-state index is 13.7. The zero-order valence-electron chi connectivity index (χ0n) is 20.7. The minimum atomic E-state index is -0.677. The topological polar surface area (TPSA) is 79.1 Å². The second-order valence-corrected chi connectivity index (χ2v) is 9.21. The Morgan fingerprint density at radius 3 is 2.61 bits per heavy atom. The summed E-state index contributed by atoms with van der Waals surface area (Å²) in [6, 6.07) is 12.4. The van der Waals surface area contributed by atoms with Crippen LogP contribution < -0.4 is 24.4 Å². The number of hydrogen-bond acceptors (Lipinski definition) is 7. The van der Waals surface area contributed by atoms with E-state index in [0.717, 1.165) is 22.4 Å². The highest BCUT2D eigenvalue weighted by Crippen LogP contribution is 2.31. The molecular formula is C28H28N2O5S. The van der Waals surface area contributed by atoms with Gasteiger partial charge in [0.2, 0.25) is 0 Å². The van der Waals surface area contributed by atoms with Crippen LogP contribution in [0.5, 0.6) is 11.5 Å². The lowest BCUT2D eigenvalue weighted by Crippen LogP contribution is -2.39. The Morgan fingerprint density at radius 2 is 1.94 bits per heavy atom. The third kappa shape index (κ3) is 4.90. The first kappa shape index (κ1) is 25.2. The van der Waals surface area contributed by atoms with Crippen molar-refractivity contribution in [3.8, 4) is 11.5 Å². The first-order valence-electron chi connectivity index (χ1n) is 11.6. The van der Waals surface area contributed by atoms with Crippen molar-refractivity contribution in [1.82, 2.24) is 4.57 Å². The van der Waals surface area contributed by atoms with Gasteiger partial charge < -0.3 is 14.2 Å². The largest absolute Gasteiger partial charge is 0.496 e. The molecule has 1 atom stereocenters. The van der Waals surface area contributed by atoms with E-state index in [1.807, 2.05) is 55.5 Å². The van der Waals surface area contributed by atoms with Crippen molar-refractivity contribution in [2.75, 3.05) is 20.3 Å². The van der Waals surface area contributed by atoms with Gasteiger partial charge in [-0.15, -0.1) is 0 Å². The van der Waals surface area contributed by atoms with Gasteiger partial charge in [-0.1, -0.05) is 48.3 Å². The van der Waals surface area contributed by atoms with Crippen molar-refractivity contribution in [2.24, 2.45) is 4.99 Å². The number of hydrogen-bond donors (Lipinski definition) is 0. The van der Waals surface area contributed by atoms with Crippen molar-refractivity contribution in [3.05, 3.63) is 103 Å². The Hall–Kier alpha value is -3.91. The second-order valence-electron chi connectivity index (χ2n) is 8.20. The third-order valence-corrected chi connectivity index (χ3v) is 6.79. The summed E-state index contributed by atoms with van der Waals surface area (Å²) in [6.45, 7) is 9.74. The maximum Gasteiger partial charge on any atom is 0.338 e. The fourth-order valence-electron chi connectivity index (χ4n) is 4.09. The molecule has 4 rings (SSSR count). The number of carbonyl (C=O) groups excluding carboxylic acids is 1. The van der Waals surface area contributed by atoms with Crippen LogP contribution in [-0.4, -0.2) is 30.9 Å². The van der Waals surface area contributed by atoms with Crippen LogP contribution in [0.4, 0.5) is 0 Å². The van der Waals surface area contributed by atoms with Crippen LogP contribution in [0, 0.1) is 6.92 Å². The molecule has 0 aliphatic carbocycles. The van der Waals surface area contributed by atoms with Crippen LogP contribution in [0.2, 0.25) is 0 Å². The minimum Gasteiger partial charge on any atom is -0.496 e. The number of nitrogens with zero attached hydrogens (tertiary/aromatic N) is 2. The highest BCUT2D eigenvalue weighted by atomic mass is 32.1. The van der Waals surface area contributed by atoms with Gasteiger partial charge in [0.15, 0.2) is 4.80 Å². The van der Waals surface area contributed by atoms with Gasteiger partial charge in [-0.05, 0) is 61.7 Å². The Kier molecular flexibility index (Phi) is 7.55. The summed E-state index contributed by atoms with van der Waals surface area (Å²) in [4.78, 5) is 31.9. The predicted octanol–water partition coefficient (Wildman–Crippen LogP) is 3.68. The zero-order chi connectivity index (χ0) is 25.8. The molecule has 186 valence electrons. The summed E-state index contributed by atoms with van der Waals surface area (Å²) in [5.41, 5.74) is 3.23. The van der Waals surface area contributed by atoms with E-state index in [1.54, 1.807) is 31.6 Å². The lowest BCUT2D eigenvalue weighted by molar-refractivity contribution is -0.139. The van der Waals surface area contributed by atoms with Crippen LogP contribution in [0.3, 0.4) is 0 Å². The van der Waals surface area contributed by atoms with Crippen LogP contribution in [0.1, 0.15) is 36.6 Å². The van der Waals surface area contributed by atoms with Crippen molar-refractivity contribution in [2.45, 2.75) is 26.8 Å². The summed E-state index contributed by atoms with van der Waals surface area (Å²) in [7, 11) is 1.62. The summed E-state index contributed by atoms with van der Waals surface area (Å²) in [6.07, 6.45) is 3.48. The molecule has 1 aromatic heterocycles. The average Bonchev–Trinajstić information content (AvgIpc) is 3.17. The number of allylic oxidation sites excluding steroid dienone is 1. The molecule has 2 aromatic carbocycles. The second kappa shape index (κ2) is 10.8. The monoisotopic (exact) mass is 504 g/mol. The van der Waals surface area contributed by atoms with Gasteiger partial charge >= 0.3 is 5.97 Å². The molecule has 3 aromatic rings. The number of ether oxygens (including phenoxy) is 3. The molecule has 0 saturated carbocycles. The minimum absolute atomic E-state index is 0.219. The number of rotatable bonds is 8. The zero-order valence-corrected chi connectivity index (χ0v) is 21.6. The van der Waals surface area contributed by atoms with Gasteiger partial charge in [0, 0.05) is 0 Å². The molecule has 0 fully saturated rings. The highest BCUT2D eigenvalue weighted by molar-refractivity contribution is 7.07. The Balaban J connectivity index is 1.88. The van der Waals surface area contributed by atoms with Gasteiger partial charge in [-0.3, -0.25) is 9.36 Å². The third-order valence-electron chi connectivity index (χ3n) is 5.81. The first-order valence-corrected chi connectivity index (χ1v) is 12.4. The molecule has 36 heavy (non-hydrogen) atoms. The quantitative estimate of drug-likeness (QED) is 0.345. The van der Waals surface area contributed by atoms with E-state index in [0.29, 0.717) is 33.0 Å². The smallest absolute Gasteiger partial charge is 0.338 e. The summed E-state index contributed by atoms with van der Waals surface area (Å²) in [5, 5.41) is 0. The van der Waals surface area contributed by atoms with Crippen LogP contribution in [-0.2, 0) is 9.53 Å². The van der Waals surface area contributed by atoms with Gasteiger partial charge in [-0.25, -0.2) is 9.79 Å². The van der Waals surface area contributed by atoms with Crippen molar-refractivity contribution < 1.29 is 19.0 Å². The Labute approximate surface area is 213 Å². The molecular weight excluding hydrogens is 476 g/mol. The van der Waals surface area contributed by atoms with Crippen molar-refractivity contribution in [1.29, 1.82) is 0 Å². The molecule has 1 aliphatic heterocycles. The molecule has 0 bridgehead atoms. The number of carbonyl (C=O) groups is 1. The standard InChI is InChI=1S/C28H28N2O5S/c1-6-14-35-21-12-10-20(11-13-21)25-24(27(32)34-7-2)18(4)29-28-30(25)26(31)23(36-28)16-19-9-8-17(3)22(15-19)33-5/h6,8-13,15-16,25H,1,7,14H2,2-5H3/t25-/m0/s1. The number of thiazole rings is 1. The molecule has 2 heterocycles. The Morgan fingerprint density at radius 1 is 1.19 bits per heavy atom. The normalized spacial score (nSPS) is 15.2. The molecule has 0 amide bonds. The molecule has 8 heteroatoms. The first-order chi connectivity index (χ1) is 17.4. The van der Waals surface area contributed by atoms with Gasteiger partial charge in [0.05, 0.1) is 35.6 Å². The van der Waals surface area contributed by atoms with Crippen LogP contribution in [0.15, 0.2) is 76.2 Å². The maximum absolute atomic E-state index is 13.7. The molecule has 0 unspecified atom stereocenters. The lowest BCUT2D eigenvalue weighted by Gasteiger charge is -2.24. The predicted molar refractivity (Wildman–Crippen MR) is 140 cm³/mol. The fourth-order valence-corrected chi connectivity index (χ4v) is 5.13. The molecule has 0 spiro atoms. The molecule has 7 nitrogen and oxygen atoms in total. The van der Waals surface area contributed by atoms with E-state index in [4.69, 9.17) is 14.2 Å². The average molecular weight is 505 g/mol.